The fourth-order valence-corrected chi connectivity index (χ4v) is 3.77. The second kappa shape index (κ2) is 5.71. The SMILES string of the molecule is CNC1CCN(CC2(C)CCCCC2)C(C)C1. The third kappa shape index (κ3) is 3.45. The molecule has 0 aromatic rings. The summed E-state index contributed by atoms with van der Waals surface area (Å²) in [6, 6.07) is 1.51. The van der Waals surface area contributed by atoms with Gasteiger partial charge in [-0.15, -0.1) is 0 Å². The predicted octanol–water partition coefficient (Wildman–Crippen LogP) is 3.03. The summed E-state index contributed by atoms with van der Waals surface area (Å²) in [5, 5.41) is 3.44. The maximum absolute atomic E-state index is 3.44. The smallest absolute Gasteiger partial charge is 0.00910 e. The standard InChI is InChI=1S/C15H30N2/c1-13-11-14(16-3)7-10-17(13)12-15(2)8-5-4-6-9-15/h13-14,16H,4-12H2,1-3H3. The first kappa shape index (κ1) is 13.4. The van der Waals surface area contributed by atoms with Crippen LogP contribution in [0.5, 0.6) is 0 Å². The fourth-order valence-electron chi connectivity index (χ4n) is 3.77. The van der Waals surface area contributed by atoms with Gasteiger partial charge in [0, 0.05) is 18.6 Å². The van der Waals surface area contributed by atoms with Crippen molar-refractivity contribution in [3.05, 3.63) is 0 Å². The first-order valence-corrected chi connectivity index (χ1v) is 7.54. The molecule has 1 aliphatic carbocycles. The Bertz CT molecular complexity index is 233. The van der Waals surface area contributed by atoms with Crippen LogP contribution in [0, 0.1) is 5.41 Å². The monoisotopic (exact) mass is 238 g/mol. The van der Waals surface area contributed by atoms with Gasteiger partial charge in [-0.2, -0.15) is 0 Å². The zero-order chi connectivity index (χ0) is 12.3. The molecule has 2 fully saturated rings. The third-order valence-corrected chi connectivity index (χ3v) is 5.07. The van der Waals surface area contributed by atoms with Gasteiger partial charge < -0.3 is 10.2 Å². The van der Waals surface area contributed by atoms with Crippen LogP contribution in [0.2, 0.25) is 0 Å². The van der Waals surface area contributed by atoms with Gasteiger partial charge >= 0.3 is 0 Å². The molecule has 2 atom stereocenters. The first-order chi connectivity index (χ1) is 8.13. The molecular formula is C15H30N2. The van der Waals surface area contributed by atoms with Gasteiger partial charge in [-0.1, -0.05) is 26.2 Å². The number of piperidine rings is 1. The Morgan fingerprint density at radius 3 is 2.53 bits per heavy atom. The van der Waals surface area contributed by atoms with Crippen molar-refractivity contribution >= 4 is 0 Å². The Balaban J connectivity index is 1.86. The molecule has 0 spiro atoms. The average molecular weight is 238 g/mol. The van der Waals surface area contributed by atoms with E-state index in [2.05, 4.69) is 31.1 Å². The van der Waals surface area contributed by atoms with Gasteiger partial charge in [0.25, 0.3) is 0 Å². The highest BCUT2D eigenvalue weighted by atomic mass is 15.2. The molecule has 2 nitrogen and oxygen atoms in total. The summed E-state index contributed by atoms with van der Waals surface area (Å²) in [5.41, 5.74) is 0.610. The number of nitrogens with zero attached hydrogens (tertiary/aromatic N) is 1. The summed E-state index contributed by atoms with van der Waals surface area (Å²) in [4.78, 5) is 2.75. The van der Waals surface area contributed by atoms with E-state index in [-0.39, 0.29) is 0 Å². The summed E-state index contributed by atoms with van der Waals surface area (Å²) >= 11 is 0. The van der Waals surface area contributed by atoms with E-state index in [0.717, 1.165) is 12.1 Å². The molecule has 0 radical (unpaired) electrons. The van der Waals surface area contributed by atoms with Crippen LogP contribution in [0.15, 0.2) is 0 Å². The molecule has 2 unspecified atom stereocenters. The van der Waals surface area contributed by atoms with Crippen molar-refractivity contribution in [3.63, 3.8) is 0 Å². The van der Waals surface area contributed by atoms with E-state index >= 15 is 0 Å². The van der Waals surface area contributed by atoms with E-state index in [4.69, 9.17) is 0 Å². The molecule has 17 heavy (non-hydrogen) atoms. The second-order valence-corrected chi connectivity index (χ2v) is 6.70. The molecule has 2 aliphatic rings. The van der Waals surface area contributed by atoms with Crippen LogP contribution in [0.1, 0.15) is 58.8 Å². The summed E-state index contributed by atoms with van der Waals surface area (Å²) in [5.74, 6) is 0. The summed E-state index contributed by atoms with van der Waals surface area (Å²) in [6.45, 7) is 7.56. The maximum atomic E-state index is 3.44. The van der Waals surface area contributed by atoms with Gasteiger partial charge in [-0.3, -0.25) is 0 Å². The molecule has 2 rings (SSSR count). The quantitative estimate of drug-likeness (QED) is 0.813. The van der Waals surface area contributed by atoms with Crippen molar-refractivity contribution in [2.24, 2.45) is 5.41 Å². The summed E-state index contributed by atoms with van der Waals surface area (Å²) in [6.07, 6.45) is 9.93. The van der Waals surface area contributed by atoms with Gasteiger partial charge in [0.15, 0.2) is 0 Å². The van der Waals surface area contributed by atoms with Crippen LogP contribution in [0.4, 0.5) is 0 Å². The zero-order valence-electron chi connectivity index (χ0n) is 12.0. The Labute approximate surface area is 107 Å². The van der Waals surface area contributed by atoms with Crippen molar-refractivity contribution in [2.45, 2.75) is 70.9 Å². The lowest BCUT2D eigenvalue weighted by Crippen LogP contribution is -2.50. The summed E-state index contributed by atoms with van der Waals surface area (Å²) < 4.78 is 0. The third-order valence-electron chi connectivity index (χ3n) is 5.07. The van der Waals surface area contributed by atoms with Crippen molar-refractivity contribution in [1.29, 1.82) is 0 Å². The van der Waals surface area contributed by atoms with Gasteiger partial charge in [-0.05, 0) is 51.6 Å². The molecule has 0 amide bonds. The van der Waals surface area contributed by atoms with Gasteiger partial charge in [0.2, 0.25) is 0 Å². The molecule has 100 valence electrons. The van der Waals surface area contributed by atoms with Crippen LogP contribution >= 0.6 is 0 Å². The minimum Gasteiger partial charge on any atom is -0.317 e. The molecule has 2 heteroatoms. The summed E-state index contributed by atoms with van der Waals surface area (Å²) in [7, 11) is 2.11. The Morgan fingerprint density at radius 1 is 1.24 bits per heavy atom. The van der Waals surface area contributed by atoms with Crippen molar-refractivity contribution in [2.75, 3.05) is 20.1 Å². The lowest BCUT2D eigenvalue weighted by atomic mass is 9.75. The topological polar surface area (TPSA) is 15.3 Å². The van der Waals surface area contributed by atoms with Crippen molar-refractivity contribution in [3.8, 4) is 0 Å². The highest BCUT2D eigenvalue weighted by molar-refractivity contribution is 4.88. The lowest BCUT2D eigenvalue weighted by molar-refractivity contribution is 0.0638. The highest BCUT2D eigenvalue weighted by Crippen LogP contribution is 2.37. The van der Waals surface area contributed by atoms with Gasteiger partial charge in [-0.25, -0.2) is 0 Å². The van der Waals surface area contributed by atoms with E-state index in [1.807, 2.05) is 0 Å². The van der Waals surface area contributed by atoms with Gasteiger partial charge in [0.1, 0.15) is 0 Å². The van der Waals surface area contributed by atoms with E-state index in [0.29, 0.717) is 5.41 Å². The average Bonchev–Trinajstić information content (AvgIpc) is 2.32. The number of rotatable bonds is 3. The molecule has 1 saturated heterocycles. The van der Waals surface area contributed by atoms with Crippen LogP contribution in [-0.4, -0.2) is 37.1 Å². The maximum Gasteiger partial charge on any atom is 0.00910 e. The molecule has 0 aromatic heterocycles. The number of hydrogen-bond acceptors (Lipinski definition) is 2. The van der Waals surface area contributed by atoms with Crippen LogP contribution < -0.4 is 5.32 Å². The van der Waals surface area contributed by atoms with Crippen molar-refractivity contribution < 1.29 is 0 Å². The Morgan fingerprint density at radius 2 is 1.94 bits per heavy atom. The van der Waals surface area contributed by atoms with Crippen LogP contribution in [0.3, 0.4) is 0 Å². The molecule has 1 saturated carbocycles. The molecule has 0 aromatic carbocycles. The van der Waals surface area contributed by atoms with Crippen LogP contribution in [0.25, 0.3) is 0 Å². The minimum atomic E-state index is 0.610. The molecule has 1 N–H and O–H groups in total. The van der Waals surface area contributed by atoms with Crippen molar-refractivity contribution in [1.82, 2.24) is 10.2 Å². The zero-order valence-corrected chi connectivity index (χ0v) is 12.0. The van der Waals surface area contributed by atoms with Gasteiger partial charge in [0.05, 0.1) is 0 Å². The predicted molar refractivity (Wildman–Crippen MR) is 74.3 cm³/mol. The van der Waals surface area contributed by atoms with E-state index < -0.39 is 0 Å². The molecular weight excluding hydrogens is 208 g/mol. The largest absolute Gasteiger partial charge is 0.317 e. The van der Waals surface area contributed by atoms with E-state index in [9.17, 15) is 0 Å². The first-order valence-electron chi connectivity index (χ1n) is 7.54. The molecule has 1 aliphatic heterocycles. The lowest BCUT2D eigenvalue weighted by Gasteiger charge is -2.44. The number of hydrogen-bond donors (Lipinski definition) is 1. The minimum absolute atomic E-state index is 0.610. The second-order valence-electron chi connectivity index (χ2n) is 6.70. The number of likely N-dealkylation sites (tertiary alicyclic amines) is 1. The normalized spacial score (nSPS) is 34.8. The van der Waals surface area contributed by atoms with E-state index in [1.165, 1.54) is 58.0 Å². The van der Waals surface area contributed by atoms with Crippen LogP contribution in [-0.2, 0) is 0 Å². The Hall–Kier alpha value is -0.0800. The highest BCUT2D eigenvalue weighted by Gasteiger charge is 2.33. The van der Waals surface area contributed by atoms with E-state index in [1.54, 1.807) is 0 Å². The Kier molecular flexibility index (Phi) is 4.48. The fraction of sp³-hybridized carbons (Fsp3) is 1.00. The molecule has 1 heterocycles. The number of nitrogens with one attached hydrogen (secondary N) is 1. The molecule has 0 bridgehead atoms.